The maximum atomic E-state index is 12.3. The van der Waals surface area contributed by atoms with E-state index in [9.17, 15) is 9.59 Å². The molecule has 3 aromatic rings. The molecular formula is C19H23N5O3. The van der Waals surface area contributed by atoms with Crippen molar-refractivity contribution in [1.29, 1.82) is 0 Å². The molecule has 0 aliphatic rings. The van der Waals surface area contributed by atoms with E-state index < -0.39 is 0 Å². The number of carbonyl (C=O) groups is 1. The number of methoxy groups -OCH3 is 1. The van der Waals surface area contributed by atoms with Crippen molar-refractivity contribution in [3.63, 3.8) is 0 Å². The Bertz CT molecular complexity index is 992. The van der Waals surface area contributed by atoms with Crippen LogP contribution in [0.2, 0.25) is 0 Å². The smallest absolute Gasteiger partial charge is 0.271 e. The van der Waals surface area contributed by atoms with E-state index in [1.54, 1.807) is 7.11 Å². The Morgan fingerprint density at radius 1 is 1.19 bits per heavy atom. The minimum atomic E-state index is -0.298. The molecule has 1 N–H and O–H groups in total. The Morgan fingerprint density at radius 3 is 2.81 bits per heavy atom. The van der Waals surface area contributed by atoms with Crippen molar-refractivity contribution in [3.8, 4) is 0 Å². The fraction of sp³-hybridized carbons (Fsp3) is 0.368. The van der Waals surface area contributed by atoms with Crippen LogP contribution in [0.4, 0.5) is 0 Å². The van der Waals surface area contributed by atoms with Gasteiger partial charge < -0.3 is 14.6 Å². The van der Waals surface area contributed by atoms with E-state index in [1.165, 1.54) is 16.8 Å². The highest BCUT2D eigenvalue weighted by atomic mass is 16.5. The number of benzene rings is 1. The summed E-state index contributed by atoms with van der Waals surface area (Å²) in [6.45, 7) is 3.91. The number of nitrogens with zero attached hydrogens (tertiary/aromatic N) is 4. The van der Waals surface area contributed by atoms with Crippen molar-refractivity contribution >= 4 is 16.9 Å². The number of imidazole rings is 1. The number of hydrogen-bond acceptors (Lipinski definition) is 5. The molecule has 142 valence electrons. The summed E-state index contributed by atoms with van der Waals surface area (Å²) in [4.78, 5) is 28.6. The standard InChI is InChI=1S/C19H23N5O3/c1-14-21-15-6-3-4-7-17(15)23(14)11-5-10-20-19(26)16-8-9-18(25)24(22-16)12-13-27-2/h3-4,6-9H,5,10-13H2,1-2H3,(H,20,26). The summed E-state index contributed by atoms with van der Waals surface area (Å²) < 4.78 is 8.33. The van der Waals surface area contributed by atoms with Gasteiger partial charge in [-0.2, -0.15) is 5.10 Å². The van der Waals surface area contributed by atoms with E-state index in [0.717, 1.165) is 29.8 Å². The number of aromatic nitrogens is 4. The third-order valence-corrected chi connectivity index (χ3v) is 4.30. The molecule has 27 heavy (non-hydrogen) atoms. The molecule has 0 saturated carbocycles. The molecule has 0 aliphatic heterocycles. The van der Waals surface area contributed by atoms with Gasteiger partial charge in [-0.05, 0) is 31.5 Å². The van der Waals surface area contributed by atoms with Crippen molar-refractivity contribution in [2.75, 3.05) is 20.3 Å². The van der Waals surface area contributed by atoms with Gasteiger partial charge in [-0.1, -0.05) is 12.1 Å². The molecule has 0 saturated heterocycles. The van der Waals surface area contributed by atoms with E-state index >= 15 is 0 Å². The maximum Gasteiger partial charge on any atom is 0.271 e. The van der Waals surface area contributed by atoms with Crippen molar-refractivity contribution < 1.29 is 9.53 Å². The molecule has 2 heterocycles. The Morgan fingerprint density at radius 2 is 2.00 bits per heavy atom. The third-order valence-electron chi connectivity index (χ3n) is 4.30. The molecule has 1 amide bonds. The van der Waals surface area contributed by atoms with Crippen molar-refractivity contribution in [3.05, 3.63) is 58.3 Å². The Balaban J connectivity index is 1.56. The van der Waals surface area contributed by atoms with Gasteiger partial charge in [0, 0.05) is 26.3 Å². The number of para-hydroxylation sites is 2. The fourth-order valence-corrected chi connectivity index (χ4v) is 2.92. The second-order valence-corrected chi connectivity index (χ2v) is 6.18. The lowest BCUT2D eigenvalue weighted by atomic mass is 10.3. The van der Waals surface area contributed by atoms with Crippen LogP contribution < -0.4 is 10.9 Å². The first-order valence-corrected chi connectivity index (χ1v) is 8.87. The minimum absolute atomic E-state index is 0.218. The lowest BCUT2D eigenvalue weighted by Crippen LogP contribution is -2.31. The monoisotopic (exact) mass is 369 g/mol. The second kappa shape index (κ2) is 8.59. The predicted molar refractivity (Wildman–Crippen MR) is 102 cm³/mol. The summed E-state index contributed by atoms with van der Waals surface area (Å²) in [7, 11) is 1.55. The van der Waals surface area contributed by atoms with Gasteiger partial charge in [0.2, 0.25) is 0 Å². The quantitative estimate of drug-likeness (QED) is 0.606. The van der Waals surface area contributed by atoms with Crippen LogP contribution in [-0.2, 0) is 17.8 Å². The zero-order valence-corrected chi connectivity index (χ0v) is 15.5. The van der Waals surface area contributed by atoms with Gasteiger partial charge in [0.15, 0.2) is 0 Å². The zero-order valence-electron chi connectivity index (χ0n) is 15.5. The third kappa shape index (κ3) is 4.40. The Labute approximate surface area is 156 Å². The molecule has 0 bridgehead atoms. The highest BCUT2D eigenvalue weighted by Gasteiger charge is 2.10. The Kier molecular flexibility index (Phi) is 5.97. The van der Waals surface area contributed by atoms with Crippen molar-refractivity contribution in [2.45, 2.75) is 26.4 Å². The topological polar surface area (TPSA) is 91.0 Å². The number of fused-ring (bicyclic) bond motifs is 1. The van der Waals surface area contributed by atoms with Crippen LogP contribution in [-0.4, -0.2) is 45.5 Å². The summed E-state index contributed by atoms with van der Waals surface area (Å²) in [6, 6.07) is 10.8. The van der Waals surface area contributed by atoms with Crippen LogP contribution in [0.15, 0.2) is 41.2 Å². The number of aryl methyl sites for hydroxylation is 2. The van der Waals surface area contributed by atoms with Crippen LogP contribution >= 0.6 is 0 Å². The molecule has 1 aromatic carbocycles. The highest BCUT2D eigenvalue weighted by Crippen LogP contribution is 2.15. The molecule has 3 rings (SSSR count). The second-order valence-electron chi connectivity index (χ2n) is 6.18. The summed E-state index contributed by atoms with van der Waals surface area (Å²) in [5.74, 6) is 0.655. The maximum absolute atomic E-state index is 12.3. The van der Waals surface area contributed by atoms with E-state index in [0.29, 0.717) is 19.7 Å². The summed E-state index contributed by atoms with van der Waals surface area (Å²) in [6.07, 6.45) is 0.760. The molecule has 0 unspecified atom stereocenters. The summed E-state index contributed by atoms with van der Waals surface area (Å²) in [5.41, 5.74) is 2.02. The largest absolute Gasteiger partial charge is 0.383 e. The first kappa shape index (κ1) is 18.8. The van der Waals surface area contributed by atoms with Crippen LogP contribution in [0, 0.1) is 6.92 Å². The minimum Gasteiger partial charge on any atom is -0.383 e. The lowest BCUT2D eigenvalue weighted by Gasteiger charge is -2.09. The molecule has 0 fully saturated rings. The highest BCUT2D eigenvalue weighted by molar-refractivity contribution is 5.91. The summed E-state index contributed by atoms with van der Waals surface area (Å²) >= 11 is 0. The van der Waals surface area contributed by atoms with E-state index in [-0.39, 0.29) is 17.2 Å². The number of nitrogens with one attached hydrogen (secondary N) is 1. The van der Waals surface area contributed by atoms with Gasteiger partial charge in [-0.3, -0.25) is 9.59 Å². The molecular weight excluding hydrogens is 346 g/mol. The SMILES string of the molecule is COCCn1nc(C(=O)NCCCn2c(C)nc3ccccc32)ccc1=O. The number of hydrogen-bond donors (Lipinski definition) is 1. The molecule has 0 spiro atoms. The first-order chi connectivity index (χ1) is 13.1. The number of ether oxygens (including phenoxy) is 1. The Hall–Kier alpha value is -3.00. The van der Waals surface area contributed by atoms with Crippen LogP contribution in [0.3, 0.4) is 0 Å². The van der Waals surface area contributed by atoms with Gasteiger partial charge in [0.05, 0.1) is 24.2 Å². The van der Waals surface area contributed by atoms with Gasteiger partial charge in [0.25, 0.3) is 11.5 Å². The van der Waals surface area contributed by atoms with Gasteiger partial charge in [-0.25, -0.2) is 9.67 Å². The molecule has 0 aliphatic carbocycles. The van der Waals surface area contributed by atoms with Crippen molar-refractivity contribution in [1.82, 2.24) is 24.6 Å². The van der Waals surface area contributed by atoms with Gasteiger partial charge in [-0.15, -0.1) is 0 Å². The number of rotatable bonds is 8. The molecule has 8 heteroatoms. The normalized spacial score (nSPS) is 11.0. The average molecular weight is 369 g/mol. The predicted octanol–water partition coefficient (Wildman–Crippen LogP) is 1.37. The number of amides is 1. The molecule has 0 radical (unpaired) electrons. The van der Waals surface area contributed by atoms with Crippen LogP contribution in [0.25, 0.3) is 11.0 Å². The molecule has 8 nitrogen and oxygen atoms in total. The molecule has 0 atom stereocenters. The number of carbonyl (C=O) groups excluding carboxylic acids is 1. The average Bonchev–Trinajstić information content (AvgIpc) is 2.99. The first-order valence-electron chi connectivity index (χ1n) is 8.87. The van der Waals surface area contributed by atoms with E-state index in [1.807, 2.05) is 31.2 Å². The fourth-order valence-electron chi connectivity index (χ4n) is 2.92. The van der Waals surface area contributed by atoms with Crippen molar-refractivity contribution in [2.24, 2.45) is 0 Å². The van der Waals surface area contributed by atoms with Gasteiger partial charge >= 0.3 is 0 Å². The van der Waals surface area contributed by atoms with E-state index in [4.69, 9.17) is 4.74 Å². The summed E-state index contributed by atoms with van der Waals surface area (Å²) in [5, 5.41) is 6.94. The molecule has 2 aromatic heterocycles. The van der Waals surface area contributed by atoms with E-state index in [2.05, 4.69) is 20.0 Å². The zero-order chi connectivity index (χ0) is 19.2. The lowest BCUT2D eigenvalue weighted by molar-refractivity contribution is 0.0944. The van der Waals surface area contributed by atoms with Crippen LogP contribution in [0.1, 0.15) is 22.7 Å². The van der Waals surface area contributed by atoms with Crippen LogP contribution in [0.5, 0.6) is 0 Å². The van der Waals surface area contributed by atoms with Gasteiger partial charge in [0.1, 0.15) is 11.5 Å².